The predicted molar refractivity (Wildman–Crippen MR) is 74.8 cm³/mol. The lowest BCUT2D eigenvalue weighted by Crippen LogP contribution is -2.00. The summed E-state index contributed by atoms with van der Waals surface area (Å²) in [6.45, 7) is 9.32. The molecule has 0 fully saturated rings. The molecule has 1 nitrogen and oxygen atoms in total. The van der Waals surface area contributed by atoms with Gasteiger partial charge in [-0.3, -0.25) is 0 Å². The van der Waals surface area contributed by atoms with Gasteiger partial charge in [0, 0.05) is 0 Å². The summed E-state index contributed by atoms with van der Waals surface area (Å²) in [6.07, 6.45) is 6.53. The molecule has 1 aromatic carbocycles. The summed E-state index contributed by atoms with van der Waals surface area (Å²) in [4.78, 5) is 0. The van der Waals surface area contributed by atoms with Crippen molar-refractivity contribution in [2.45, 2.75) is 46.5 Å². The highest BCUT2D eigenvalue weighted by molar-refractivity contribution is 5.37. The van der Waals surface area contributed by atoms with Gasteiger partial charge in [-0.05, 0) is 55.9 Å². The van der Waals surface area contributed by atoms with Gasteiger partial charge in [0.25, 0.3) is 0 Å². The van der Waals surface area contributed by atoms with Gasteiger partial charge < -0.3 is 4.74 Å². The number of hydrogen-bond donors (Lipinski definition) is 0. The molecule has 0 aliphatic rings. The zero-order chi connectivity index (χ0) is 12.7. The van der Waals surface area contributed by atoms with Crippen LogP contribution in [0.15, 0.2) is 30.4 Å². The molecule has 1 atom stereocenters. The Morgan fingerprint density at radius 3 is 2.65 bits per heavy atom. The smallest absolute Gasteiger partial charge is 0.119 e. The average Bonchev–Trinajstić information content (AvgIpc) is 2.36. The normalized spacial score (nSPS) is 12.9. The van der Waals surface area contributed by atoms with Crippen LogP contribution in [0, 0.1) is 0 Å². The molecule has 0 spiro atoms. The molecule has 0 aromatic heterocycles. The number of allylic oxidation sites excluding steroid dienone is 2. The van der Waals surface area contributed by atoms with Crippen molar-refractivity contribution in [2.24, 2.45) is 0 Å². The standard InChI is InChI=1S/C16H24O/c1-5-8-9-13(4)16-11-10-15(17-7-3)12-14(16)6-2/h5,8,10-13H,6-7,9H2,1-4H3/b8-5-. The van der Waals surface area contributed by atoms with E-state index >= 15 is 0 Å². The molecule has 0 saturated carbocycles. The summed E-state index contributed by atoms with van der Waals surface area (Å²) in [5.74, 6) is 1.57. The van der Waals surface area contributed by atoms with Crippen LogP contribution in [0.3, 0.4) is 0 Å². The maximum absolute atomic E-state index is 5.55. The second-order valence-electron chi connectivity index (χ2n) is 4.35. The second kappa shape index (κ2) is 7.16. The summed E-state index contributed by atoms with van der Waals surface area (Å²) in [7, 11) is 0. The van der Waals surface area contributed by atoms with E-state index in [1.807, 2.05) is 6.92 Å². The minimum atomic E-state index is 0.580. The minimum absolute atomic E-state index is 0.580. The van der Waals surface area contributed by atoms with Gasteiger partial charge in [0.05, 0.1) is 6.61 Å². The van der Waals surface area contributed by atoms with Crippen molar-refractivity contribution in [3.05, 3.63) is 41.5 Å². The Labute approximate surface area is 106 Å². The van der Waals surface area contributed by atoms with Crippen LogP contribution in [0.25, 0.3) is 0 Å². The third-order valence-electron chi connectivity index (χ3n) is 3.06. The van der Waals surface area contributed by atoms with Crippen LogP contribution in [0.5, 0.6) is 5.75 Å². The van der Waals surface area contributed by atoms with Gasteiger partial charge in [-0.25, -0.2) is 0 Å². The first-order valence-electron chi connectivity index (χ1n) is 6.59. The highest BCUT2D eigenvalue weighted by Crippen LogP contribution is 2.27. The van der Waals surface area contributed by atoms with Crippen molar-refractivity contribution in [2.75, 3.05) is 6.61 Å². The van der Waals surface area contributed by atoms with Crippen molar-refractivity contribution in [3.8, 4) is 5.75 Å². The molecule has 0 heterocycles. The van der Waals surface area contributed by atoms with E-state index in [4.69, 9.17) is 4.74 Å². The minimum Gasteiger partial charge on any atom is -0.494 e. The van der Waals surface area contributed by atoms with Gasteiger partial charge in [-0.1, -0.05) is 32.1 Å². The average molecular weight is 232 g/mol. The Kier molecular flexibility index (Phi) is 5.82. The first-order chi connectivity index (χ1) is 8.22. The molecule has 0 aliphatic carbocycles. The van der Waals surface area contributed by atoms with Crippen LogP contribution in [-0.2, 0) is 6.42 Å². The van der Waals surface area contributed by atoms with Crippen LogP contribution in [0.2, 0.25) is 0 Å². The van der Waals surface area contributed by atoms with Gasteiger partial charge in [0.1, 0.15) is 5.75 Å². The van der Waals surface area contributed by atoms with Gasteiger partial charge in [0.15, 0.2) is 0 Å². The van der Waals surface area contributed by atoms with Crippen molar-refractivity contribution in [3.63, 3.8) is 0 Å². The number of rotatable bonds is 6. The van der Waals surface area contributed by atoms with E-state index in [2.05, 4.69) is 51.1 Å². The summed E-state index contributed by atoms with van der Waals surface area (Å²) in [5.41, 5.74) is 2.86. The van der Waals surface area contributed by atoms with Crippen molar-refractivity contribution < 1.29 is 4.74 Å². The van der Waals surface area contributed by atoms with Crippen LogP contribution < -0.4 is 4.74 Å². The molecule has 0 saturated heterocycles. The molecule has 0 amide bonds. The molecule has 17 heavy (non-hydrogen) atoms. The van der Waals surface area contributed by atoms with Gasteiger partial charge in [-0.2, -0.15) is 0 Å². The van der Waals surface area contributed by atoms with E-state index in [0.29, 0.717) is 5.92 Å². The van der Waals surface area contributed by atoms with Crippen LogP contribution in [0.1, 0.15) is 51.2 Å². The predicted octanol–water partition coefficient (Wildman–Crippen LogP) is 4.72. The fourth-order valence-electron chi connectivity index (χ4n) is 2.09. The maximum Gasteiger partial charge on any atom is 0.119 e. The molecule has 1 rings (SSSR count). The topological polar surface area (TPSA) is 9.23 Å². The Hall–Kier alpha value is -1.24. The zero-order valence-electron chi connectivity index (χ0n) is 11.5. The third kappa shape index (κ3) is 3.92. The molecule has 94 valence electrons. The van der Waals surface area contributed by atoms with Crippen LogP contribution in [-0.4, -0.2) is 6.61 Å². The van der Waals surface area contributed by atoms with Gasteiger partial charge >= 0.3 is 0 Å². The number of ether oxygens (including phenoxy) is 1. The molecule has 1 unspecified atom stereocenters. The number of aryl methyl sites for hydroxylation is 1. The maximum atomic E-state index is 5.55. The fourth-order valence-corrected chi connectivity index (χ4v) is 2.09. The highest BCUT2D eigenvalue weighted by Gasteiger charge is 2.09. The lowest BCUT2D eigenvalue weighted by Gasteiger charge is -2.16. The highest BCUT2D eigenvalue weighted by atomic mass is 16.5. The first-order valence-corrected chi connectivity index (χ1v) is 6.59. The SMILES string of the molecule is C/C=C\CC(C)c1ccc(OCC)cc1CC. The van der Waals surface area contributed by atoms with Gasteiger partial charge in [-0.15, -0.1) is 0 Å². The fraction of sp³-hybridized carbons (Fsp3) is 0.500. The van der Waals surface area contributed by atoms with E-state index in [0.717, 1.165) is 25.2 Å². The molecule has 0 aliphatic heterocycles. The Balaban J connectivity index is 2.91. The molecule has 1 heteroatoms. The first kappa shape index (κ1) is 13.8. The van der Waals surface area contributed by atoms with E-state index in [-0.39, 0.29) is 0 Å². The third-order valence-corrected chi connectivity index (χ3v) is 3.06. The van der Waals surface area contributed by atoms with Gasteiger partial charge in [0.2, 0.25) is 0 Å². The molecule has 0 bridgehead atoms. The van der Waals surface area contributed by atoms with Crippen molar-refractivity contribution in [1.29, 1.82) is 0 Å². The lowest BCUT2D eigenvalue weighted by molar-refractivity contribution is 0.339. The van der Waals surface area contributed by atoms with Crippen LogP contribution >= 0.6 is 0 Å². The summed E-state index contributed by atoms with van der Waals surface area (Å²) >= 11 is 0. The van der Waals surface area contributed by atoms with E-state index in [9.17, 15) is 0 Å². The second-order valence-corrected chi connectivity index (χ2v) is 4.35. The molecular formula is C16H24O. The monoisotopic (exact) mass is 232 g/mol. The van der Waals surface area contributed by atoms with E-state index < -0.39 is 0 Å². The Morgan fingerprint density at radius 2 is 2.06 bits per heavy atom. The Morgan fingerprint density at radius 1 is 1.29 bits per heavy atom. The number of hydrogen-bond acceptors (Lipinski definition) is 1. The molecule has 1 aromatic rings. The largest absolute Gasteiger partial charge is 0.494 e. The quantitative estimate of drug-likeness (QED) is 0.645. The van der Waals surface area contributed by atoms with Crippen molar-refractivity contribution in [1.82, 2.24) is 0 Å². The van der Waals surface area contributed by atoms with Crippen molar-refractivity contribution >= 4 is 0 Å². The summed E-state index contributed by atoms with van der Waals surface area (Å²) < 4.78 is 5.55. The summed E-state index contributed by atoms with van der Waals surface area (Å²) in [5, 5.41) is 0. The van der Waals surface area contributed by atoms with Crippen LogP contribution in [0.4, 0.5) is 0 Å². The summed E-state index contributed by atoms with van der Waals surface area (Å²) in [6, 6.07) is 6.49. The Bertz CT molecular complexity index is 366. The molecule has 0 radical (unpaired) electrons. The number of benzene rings is 1. The zero-order valence-corrected chi connectivity index (χ0v) is 11.5. The molecule has 0 N–H and O–H groups in total. The molecular weight excluding hydrogens is 208 g/mol. The van der Waals surface area contributed by atoms with E-state index in [1.54, 1.807) is 0 Å². The lowest BCUT2D eigenvalue weighted by atomic mass is 9.91. The van der Waals surface area contributed by atoms with E-state index in [1.165, 1.54) is 11.1 Å².